The van der Waals surface area contributed by atoms with Gasteiger partial charge in [0.1, 0.15) is 0 Å². The number of aromatic nitrogens is 1. The molecule has 70 valence electrons. The van der Waals surface area contributed by atoms with Crippen LogP contribution in [-0.2, 0) is 15.9 Å². The lowest BCUT2D eigenvalue weighted by Crippen LogP contribution is -1.99. The van der Waals surface area contributed by atoms with Gasteiger partial charge >= 0.3 is 0 Å². The van der Waals surface area contributed by atoms with Gasteiger partial charge in [-0.15, -0.1) is 0 Å². The van der Waals surface area contributed by atoms with Crippen LogP contribution in [0.15, 0.2) is 18.3 Å². The minimum Gasteiger partial charge on any atom is -0.346 e. The van der Waals surface area contributed by atoms with E-state index in [9.17, 15) is 0 Å². The predicted octanol–water partition coefficient (Wildman–Crippen LogP) is 1.69. The fourth-order valence-corrected chi connectivity index (χ4v) is 1.34. The Labute approximate surface area is 77.7 Å². The largest absolute Gasteiger partial charge is 0.346 e. The highest BCUT2D eigenvalue weighted by Crippen LogP contribution is 2.22. The van der Waals surface area contributed by atoms with Gasteiger partial charge in [-0.1, -0.05) is 13.0 Å². The van der Waals surface area contributed by atoms with Gasteiger partial charge in [0.05, 0.1) is 13.2 Å². The lowest BCUT2D eigenvalue weighted by molar-refractivity contribution is -0.0443. The third kappa shape index (κ3) is 1.87. The van der Waals surface area contributed by atoms with E-state index in [0.717, 1.165) is 17.7 Å². The van der Waals surface area contributed by atoms with Crippen molar-refractivity contribution in [2.24, 2.45) is 0 Å². The zero-order chi connectivity index (χ0) is 9.10. The molecule has 0 atom stereocenters. The van der Waals surface area contributed by atoms with Crippen LogP contribution in [-0.4, -0.2) is 18.2 Å². The van der Waals surface area contributed by atoms with E-state index in [-0.39, 0.29) is 6.29 Å². The molecule has 1 saturated heterocycles. The lowest BCUT2D eigenvalue weighted by Gasteiger charge is -2.08. The molecule has 1 aromatic heterocycles. The fraction of sp³-hybridized carbons (Fsp3) is 0.500. The molecule has 0 saturated carbocycles. The van der Waals surface area contributed by atoms with Crippen LogP contribution in [0.2, 0.25) is 0 Å². The van der Waals surface area contributed by atoms with E-state index < -0.39 is 0 Å². The summed E-state index contributed by atoms with van der Waals surface area (Å²) in [6.07, 6.45) is 2.60. The van der Waals surface area contributed by atoms with Crippen molar-refractivity contribution in [1.82, 2.24) is 4.98 Å². The molecule has 0 unspecified atom stereocenters. The highest BCUT2D eigenvalue weighted by molar-refractivity contribution is 5.15. The quantitative estimate of drug-likeness (QED) is 0.692. The zero-order valence-corrected chi connectivity index (χ0v) is 7.69. The SMILES string of the molecule is CCc1ccc(C2OCCO2)cn1. The first-order chi connectivity index (χ1) is 6.40. The standard InChI is InChI=1S/C10H13NO2/c1-2-9-4-3-8(7-11-9)10-12-5-6-13-10/h3-4,7,10H,2,5-6H2,1H3. The molecule has 1 fully saturated rings. The van der Waals surface area contributed by atoms with Gasteiger partial charge in [-0.05, 0) is 12.5 Å². The minimum absolute atomic E-state index is 0.196. The number of nitrogens with zero attached hydrogens (tertiary/aromatic N) is 1. The van der Waals surface area contributed by atoms with Crippen LogP contribution in [0, 0.1) is 0 Å². The van der Waals surface area contributed by atoms with Gasteiger partial charge in [-0.3, -0.25) is 4.98 Å². The molecule has 0 aliphatic carbocycles. The second-order valence-corrected chi connectivity index (χ2v) is 3.01. The first kappa shape index (κ1) is 8.66. The third-order valence-electron chi connectivity index (χ3n) is 2.10. The maximum absolute atomic E-state index is 5.35. The molecule has 0 spiro atoms. The van der Waals surface area contributed by atoms with E-state index in [1.807, 2.05) is 18.3 Å². The summed E-state index contributed by atoms with van der Waals surface area (Å²) in [5.74, 6) is 0. The summed E-state index contributed by atoms with van der Waals surface area (Å²) < 4.78 is 10.7. The molecule has 1 aliphatic heterocycles. The molecule has 1 aromatic rings. The average molecular weight is 179 g/mol. The number of pyridine rings is 1. The van der Waals surface area contributed by atoms with E-state index in [0.29, 0.717) is 13.2 Å². The van der Waals surface area contributed by atoms with Crippen molar-refractivity contribution >= 4 is 0 Å². The van der Waals surface area contributed by atoms with E-state index in [1.54, 1.807) is 0 Å². The van der Waals surface area contributed by atoms with Crippen molar-refractivity contribution in [2.75, 3.05) is 13.2 Å². The van der Waals surface area contributed by atoms with E-state index in [2.05, 4.69) is 11.9 Å². The molecule has 0 bridgehead atoms. The summed E-state index contributed by atoms with van der Waals surface area (Å²) in [6.45, 7) is 3.45. The van der Waals surface area contributed by atoms with Crippen molar-refractivity contribution in [1.29, 1.82) is 0 Å². The highest BCUT2D eigenvalue weighted by Gasteiger charge is 2.17. The molecule has 3 heteroatoms. The van der Waals surface area contributed by atoms with Crippen LogP contribution in [0.3, 0.4) is 0 Å². The summed E-state index contributed by atoms with van der Waals surface area (Å²) in [5.41, 5.74) is 2.11. The molecule has 0 radical (unpaired) electrons. The maximum Gasteiger partial charge on any atom is 0.185 e. The monoisotopic (exact) mass is 179 g/mol. The number of hydrogen-bond acceptors (Lipinski definition) is 3. The smallest absolute Gasteiger partial charge is 0.185 e. The Kier molecular flexibility index (Phi) is 2.57. The Balaban J connectivity index is 2.12. The van der Waals surface area contributed by atoms with Crippen molar-refractivity contribution in [2.45, 2.75) is 19.6 Å². The fourth-order valence-electron chi connectivity index (χ4n) is 1.34. The Morgan fingerprint density at radius 3 is 2.69 bits per heavy atom. The van der Waals surface area contributed by atoms with Gasteiger partial charge in [0.2, 0.25) is 0 Å². The second kappa shape index (κ2) is 3.85. The molecular weight excluding hydrogens is 166 g/mol. The van der Waals surface area contributed by atoms with Crippen LogP contribution in [0.4, 0.5) is 0 Å². The Morgan fingerprint density at radius 1 is 1.38 bits per heavy atom. The summed E-state index contributed by atoms with van der Waals surface area (Å²) >= 11 is 0. The number of ether oxygens (including phenoxy) is 2. The van der Waals surface area contributed by atoms with E-state index in [1.165, 1.54) is 0 Å². The lowest BCUT2D eigenvalue weighted by atomic mass is 10.2. The first-order valence-corrected chi connectivity index (χ1v) is 4.58. The van der Waals surface area contributed by atoms with E-state index in [4.69, 9.17) is 9.47 Å². The van der Waals surface area contributed by atoms with Gasteiger partial charge in [0, 0.05) is 17.5 Å². The van der Waals surface area contributed by atoms with Gasteiger partial charge in [0.15, 0.2) is 6.29 Å². The topological polar surface area (TPSA) is 31.4 Å². The Morgan fingerprint density at radius 2 is 2.15 bits per heavy atom. The van der Waals surface area contributed by atoms with Gasteiger partial charge in [-0.25, -0.2) is 0 Å². The second-order valence-electron chi connectivity index (χ2n) is 3.01. The van der Waals surface area contributed by atoms with Crippen LogP contribution in [0.5, 0.6) is 0 Å². The summed E-state index contributed by atoms with van der Waals surface area (Å²) in [5, 5.41) is 0. The van der Waals surface area contributed by atoms with Gasteiger partial charge in [-0.2, -0.15) is 0 Å². The normalized spacial score (nSPS) is 17.9. The predicted molar refractivity (Wildman–Crippen MR) is 48.3 cm³/mol. The molecule has 0 aromatic carbocycles. The molecule has 0 amide bonds. The van der Waals surface area contributed by atoms with Crippen LogP contribution in [0.1, 0.15) is 24.5 Å². The van der Waals surface area contributed by atoms with Crippen molar-refractivity contribution in [3.05, 3.63) is 29.6 Å². The van der Waals surface area contributed by atoms with Crippen molar-refractivity contribution in [3.8, 4) is 0 Å². The minimum atomic E-state index is -0.196. The van der Waals surface area contributed by atoms with Gasteiger partial charge in [0.25, 0.3) is 0 Å². The Hall–Kier alpha value is -0.930. The Bertz CT molecular complexity index is 265. The molecule has 3 nitrogen and oxygen atoms in total. The number of aryl methyl sites for hydroxylation is 1. The number of hydrogen-bond donors (Lipinski definition) is 0. The summed E-state index contributed by atoms with van der Waals surface area (Å²) in [4.78, 5) is 4.28. The molecule has 2 heterocycles. The summed E-state index contributed by atoms with van der Waals surface area (Å²) in [6, 6.07) is 4.03. The molecule has 13 heavy (non-hydrogen) atoms. The summed E-state index contributed by atoms with van der Waals surface area (Å²) in [7, 11) is 0. The maximum atomic E-state index is 5.35. The molecule has 0 N–H and O–H groups in total. The van der Waals surface area contributed by atoms with Crippen molar-refractivity contribution < 1.29 is 9.47 Å². The highest BCUT2D eigenvalue weighted by atomic mass is 16.7. The van der Waals surface area contributed by atoms with Crippen LogP contribution in [0.25, 0.3) is 0 Å². The zero-order valence-electron chi connectivity index (χ0n) is 7.69. The third-order valence-corrected chi connectivity index (χ3v) is 2.10. The van der Waals surface area contributed by atoms with Crippen LogP contribution < -0.4 is 0 Å². The molecular formula is C10H13NO2. The van der Waals surface area contributed by atoms with Crippen molar-refractivity contribution in [3.63, 3.8) is 0 Å². The van der Waals surface area contributed by atoms with Crippen LogP contribution >= 0.6 is 0 Å². The first-order valence-electron chi connectivity index (χ1n) is 4.58. The average Bonchev–Trinajstić information content (AvgIpc) is 2.71. The molecule has 1 aliphatic rings. The number of rotatable bonds is 2. The molecule has 2 rings (SSSR count). The van der Waals surface area contributed by atoms with Gasteiger partial charge < -0.3 is 9.47 Å². The van der Waals surface area contributed by atoms with E-state index >= 15 is 0 Å².